The van der Waals surface area contributed by atoms with Crippen LogP contribution >= 0.6 is 0 Å². The lowest BCUT2D eigenvalue weighted by molar-refractivity contribution is 0.0880. The zero-order valence-electron chi connectivity index (χ0n) is 17.7. The highest BCUT2D eigenvalue weighted by Gasteiger charge is 2.34. The van der Waals surface area contributed by atoms with E-state index in [-0.39, 0.29) is 13.0 Å². The molecule has 2 amide bonds. The minimum atomic E-state index is -0.909. The Morgan fingerprint density at radius 1 is 1.03 bits per heavy atom. The Kier molecular flexibility index (Phi) is 4.73. The van der Waals surface area contributed by atoms with E-state index in [0.717, 1.165) is 27.5 Å². The van der Waals surface area contributed by atoms with E-state index < -0.39 is 17.9 Å². The number of ether oxygens (including phenoxy) is 1. The van der Waals surface area contributed by atoms with Crippen molar-refractivity contribution in [2.24, 2.45) is 7.05 Å². The number of aromatic nitrogens is 1. The number of methoxy groups -OCH3 is 1. The van der Waals surface area contributed by atoms with E-state index in [1.807, 2.05) is 60.1 Å². The van der Waals surface area contributed by atoms with Gasteiger partial charge in [-0.05, 0) is 34.9 Å². The van der Waals surface area contributed by atoms with Crippen LogP contribution in [-0.2, 0) is 13.5 Å². The van der Waals surface area contributed by atoms with Crippen LogP contribution in [0, 0.1) is 0 Å². The van der Waals surface area contributed by atoms with Crippen LogP contribution in [0.25, 0.3) is 32.9 Å². The fourth-order valence-corrected chi connectivity index (χ4v) is 4.63. The summed E-state index contributed by atoms with van der Waals surface area (Å²) < 4.78 is 7.52. The van der Waals surface area contributed by atoms with Crippen LogP contribution < -0.4 is 10.1 Å². The molecule has 1 aromatic heterocycles. The SMILES string of the molecule is COc1cc2c3c4c(c(-c5ccccc5)cc3n(C)c2cc1CC(O)CO)C(=O)NC4=O. The van der Waals surface area contributed by atoms with Crippen LogP contribution in [0.3, 0.4) is 0 Å². The molecule has 2 heterocycles. The summed E-state index contributed by atoms with van der Waals surface area (Å²) in [7, 11) is 3.44. The summed E-state index contributed by atoms with van der Waals surface area (Å²) in [5, 5.41) is 23.2. The fourth-order valence-electron chi connectivity index (χ4n) is 4.63. The van der Waals surface area contributed by atoms with Gasteiger partial charge in [-0.15, -0.1) is 0 Å². The number of rotatable bonds is 5. The highest BCUT2D eigenvalue weighted by Crippen LogP contribution is 2.41. The number of nitrogens with zero attached hydrogens (tertiary/aromatic N) is 1. The van der Waals surface area contributed by atoms with Crippen LogP contribution in [0.4, 0.5) is 0 Å². The maximum atomic E-state index is 12.9. The Bertz CT molecular complexity index is 1410. The van der Waals surface area contributed by atoms with Gasteiger partial charge in [0.1, 0.15) is 5.75 Å². The molecule has 7 nitrogen and oxygen atoms in total. The Labute approximate surface area is 183 Å². The number of carbonyl (C=O) groups excluding carboxylic acids is 2. The third-order valence-corrected chi connectivity index (χ3v) is 6.13. The fraction of sp³-hybridized carbons (Fsp3) is 0.200. The number of amides is 2. The number of carbonyl (C=O) groups is 2. The molecule has 0 radical (unpaired) electrons. The van der Waals surface area contributed by atoms with Gasteiger partial charge in [0.2, 0.25) is 0 Å². The average molecular weight is 430 g/mol. The Hall–Kier alpha value is -3.68. The number of aliphatic hydroxyl groups is 2. The molecular weight excluding hydrogens is 408 g/mol. The molecule has 0 saturated heterocycles. The number of fused-ring (bicyclic) bond motifs is 5. The van der Waals surface area contributed by atoms with Crippen molar-refractivity contribution >= 4 is 33.6 Å². The predicted molar refractivity (Wildman–Crippen MR) is 121 cm³/mol. The molecule has 1 unspecified atom stereocenters. The molecule has 32 heavy (non-hydrogen) atoms. The quantitative estimate of drug-likeness (QED) is 0.423. The molecule has 3 N–H and O–H groups in total. The monoisotopic (exact) mass is 430 g/mol. The predicted octanol–water partition coefficient (Wildman–Crippen LogP) is 2.79. The van der Waals surface area contributed by atoms with E-state index in [9.17, 15) is 19.8 Å². The molecule has 0 fully saturated rings. The van der Waals surface area contributed by atoms with Gasteiger partial charge in [-0.25, -0.2) is 0 Å². The number of benzene rings is 3. The first-order valence-corrected chi connectivity index (χ1v) is 10.3. The summed E-state index contributed by atoms with van der Waals surface area (Å²) in [5.41, 5.74) is 4.68. The first-order chi connectivity index (χ1) is 15.4. The summed E-state index contributed by atoms with van der Waals surface area (Å²) in [5.74, 6) is -0.278. The number of aryl methyl sites for hydroxylation is 1. The van der Waals surface area contributed by atoms with Crippen LogP contribution in [0.1, 0.15) is 26.3 Å². The average Bonchev–Trinajstić information content (AvgIpc) is 3.26. The van der Waals surface area contributed by atoms with Crippen molar-refractivity contribution in [1.29, 1.82) is 0 Å². The Morgan fingerprint density at radius 2 is 1.75 bits per heavy atom. The smallest absolute Gasteiger partial charge is 0.259 e. The summed E-state index contributed by atoms with van der Waals surface area (Å²) in [6, 6.07) is 15.2. The Balaban J connectivity index is 1.89. The van der Waals surface area contributed by atoms with Gasteiger partial charge in [0.05, 0.1) is 36.5 Å². The van der Waals surface area contributed by atoms with Gasteiger partial charge in [-0.1, -0.05) is 30.3 Å². The molecule has 5 rings (SSSR count). The van der Waals surface area contributed by atoms with Crippen molar-refractivity contribution in [2.45, 2.75) is 12.5 Å². The first-order valence-electron chi connectivity index (χ1n) is 10.3. The van der Waals surface area contributed by atoms with E-state index in [0.29, 0.717) is 27.8 Å². The van der Waals surface area contributed by atoms with E-state index in [1.54, 1.807) is 0 Å². The van der Waals surface area contributed by atoms with E-state index in [1.165, 1.54) is 7.11 Å². The summed E-state index contributed by atoms with van der Waals surface area (Å²) in [6.07, 6.45) is -0.683. The van der Waals surface area contributed by atoms with Gasteiger partial charge < -0.3 is 19.5 Å². The molecule has 1 aliphatic heterocycles. The summed E-state index contributed by atoms with van der Waals surface area (Å²) >= 11 is 0. The molecular formula is C25H22N2O5. The molecule has 162 valence electrons. The van der Waals surface area contributed by atoms with Crippen LogP contribution in [0.15, 0.2) is 48.5 Å². The van der Waals surface area contributed by atoms with Crippen molar-refractivity contribution in [2.75, 3.05) is 13.7 Å². The van der Waals surface area contributed by atoms with Gasteiger partial charge in [-0.2, -0.15) is 0 Å². The minimum Gasteiger partial charge on any atom is -0.496 e. The third kappa shape index (κ3) is 2.90. The first kappa shape index (κ1) is 20.2. The van der Waals surface area contributed by atoms with E-state index in [2.05, 4.69) is 5.32 Å². The molecule has 3 aromatic carbocycles. The highest BCUT2D eigenvalue weighted by molar-refractivity contribution is 6.32. The maximum Gasteiger partial charge on any atom is 0.259 e. The molecule has 0 spiro atoms. The minimum absolute atomic E-state index is 0.226. The summed E-state index contributed by atoms with van der Waals surface area (Å²) in [6.45, 7) is -0.355. The molecule has 4 aromatic rings. The zero-order valence-corrected chi connectivity index (χ0v) is 17.7. The molecule has 0 bridgehead atoms. The third-order valence-electron chi connectivity index (χ3n) is 6.13. The molecule has 0 saturated carbocycles. The van der Waals surface area contributed by atoms with E-state index >= 15 is 0 Å². The lowest BCUT2D eigenvalue weighted by atomic mass is 9.92. The van der Waals surface area contributed by atoms with Gasteiger partial charge >= 0.3 is 0 Å². The van der Waals surface area contributed by atoms with E-state index in [4.69, 9.17) is 4.74 Å². The maximum absolute atomic E-state index is 12.9. The number of imide groups is 1. The van der Waals surface area contributed by atoms with Gasteiger partial charge in [0.15, 0.2) is 0 Å². The van der Waals surface area contributed by atoms with Crippen LogP contribution in [0.2, 0.25) is 0 Å². The van der Waals surface area contributed by atoms with Crippen molar-refractivity contribution in [3.05, 3.63) is 65.2 Å². The van der Waals surface area contributed by atoms with Crippen molar-refractivity contribution in [3.8, 4) is 16.9 Å². The van der Waals surface area contributed by atoms with Crippen molar-refractivity contribution in [3.63, 3.8) is 0 Å². The second kappa shape index (κ2) is 7.47. The van der Waals surface area contributed by atoms with Crippen LogP contribution in [-0.4, -0.2) is 46.4 Å². The topological polar surface area (TPSA) is 101 Å². The number of aliphatic hydroxyl groups excluding tert-OH is 2. The number of nitrogens with one attached hydrogen (secondary N) is 1. The zero-order chi connectivity index (χ0) is 22.6. The molecule has 1 aliphatic rings. The highest BCUT2D eigenvalue weighted by atomic mass is 16.5. The van der Waals surface area contributed by atoms with Gasteiger partial charge in [0.25, 0.3) is 11.8 Å². The van der Waals surface area contributed by atoms with Gasteiger partial charge in [-0.3, -0.25) is 14.9 Å². The normalized spacial score (nSPS) is 14.1. The Morgan fingerprint density at radius 3 is 2.44 bits per heavy atom. The van der Waals surface area contributed by atoms with Crippen molar-refractivity contribution < 1.29 is 24.5 Å². The molecule has 7 heteroatoms. The standard InChI is InChI=1S/C25H22N2O5/c1-27-18-9-14(8-15(29)12-28)20(32-2)11-17(18)21-19(27)10-16(13-6-4-3-5-7-13)22-23(21)25(31)26-24(22)30/h3-7,9-11,15,28-29H,8,12H2,1-2H3,(H,26,30,31). The number of hydrogen-bond acceptors (Lipinski definition) is 5. The number of hydrogen-bond donors (Lipinski definition) is 3. The van der Waals surface area contributed by atoms with Crippen molar-refractivity contribution in [1.82, 2.24) is 9.88 Å². The largest absolute Gasteiger partial charge is 0.496 e. The second-order valence-electron chi connectivity index (χ2n) is 8.00. The van der Waals surface area contributed by atoms with Gasteiger partial charge in [0, 0.05) is 29.8 Å². The summed E-state index contributed by atoms with van der Waals surface area (Å²) in [4.78, 5) is 25.7. The lowest BCUT2D eigenvalue weighted by Crippen LogP contribution is -2.20. The molecule has 0 aliphatic carbocycles. The second-order valence-corrected chi connectivity index (χ2v) is 8.00. The lowest BCUT2D eigenvalue weighted by Gasteiger charge is -2.12. The molecule has 1 atom stereocenters. The van der Waals surface area contributed by atoms with Crippen LogP contribution in [0.5, 0.6) is 5.75 Å².